The first-order valence-corrected chi connectivity index (χ1v) is 6.60. The lowest BCUT2D eigenvalue weighted by molar-refractivity contribution is -0.121. The molecule has 1 aromatic rings. The monoisotopic (exact) mass is 325 g/mol. The van der Waals surface area contributed by atoms with Crippen molar-refractivity contribution in [3.63, 3.8) is 0 Å². The van der Waals surface area contributed by atoms with E-state index in [1.807, 2.05) is 0 Å². The molecule has 0 spiro atoms. The summed E-state index contributed by atoms with van der Waals surface area (Å²) in [6.07, 6.45) is 0. The molecule has 1 atom stereocenters. The first-order valence-electron chi connectivity index (χ1n) is 5.81. The highest BCUT2D eigenvalue weighted by atomic mass is 79.9. The van der Waals surface area contributed by atoms with Crippen LogP contribution in [0, 0.1) is 11.3 Å². The van der Waals surface area contributed by atoms with Crippen LogP contribution in [0.4, 0.5) is 5.69 Å². The largest absolute Gasteiger partial charge is 0.383 e. The molecule has 1 aromatic carbocycles. The molecule has 0 heterocycles. The summed E-state index contributed by atoms with van der Waals surface area (Å²) < 4.78 is 5.61. The second-order valence-electron chi connectivity index (χ2n) is 3.96. The number of hydrogen-bond acceptors (Lipinski definition) is 4. The molecule has 1 rings (SSSR count). The Morgan fingerprint density at radius 3 is 2.89 bits per heavy atom. The van der Waals surface area contributed by atoms with Crippen molar-refractivity contribution in [3.05, 3.63) is 28.2 Å². The molecule has 2 N–H and O–H groups in total. The molecule has 5 nitrogen and oxygen atoms in total. The predicted octanol–water partition coefficient (Wildman–Crippen LogP) is 1.88. The smallest absolute Gasteiger partial charge is 0.242 e. The molecule has 102 valence electrons. The molecule has 0 aliphatic rings. The second-order valence-corrected chi connectivity index (χ2v) is 4.81. The van der Waals surface area contributed by atoms with E-state index in [2.05, 4.69) is 32.6 Å². The van der Waals surface area contributed by atoms with Gasteiger partial charge in [0.05, 0.1) is 18.2 Å². The molecule has 0 aliphatic heterocycles. The van der Waals surface area contributed by atoms with Crippen LogP contribution in [0.5, 0.6) is 0 Å². The summed E-state index contributed by atoms with van der Waals surface area (Å²) in [7, 11) is 1.59. The summed E-state index contributed by atoms with van der Waals surface area (Å²) in [6.45, 7) is 2.74. The molecule has 0 aromatic heterocycles. The average Bonchev–Trinajstić information content (AvgIpc) is 2.41. The zero-order valence-corrected chi connectivity index (χ0v) is 12.5. The molecule has 0 radical (unpaired) electrons. The van der Waals surface area contributed by atoms with Crippen LogP contribution in [0.2, 0.25) is 0 Å². The van der Waals surface area contributed by atoms with Crippen LogP contribution >= 0.6 is 15.9 Å². The summed E-state index contributed by atoms with van der Waals surface area (Å²) in [5.74, 6) is -0.103. The second kappa shape index (κ2) is 7.77. The third-order valence-electron chi connectivity index (χ3n) is 2.47. The summed E-state index contributed by atoms with van der Waals surface area (Å²) in [5.41, 5.74) is 1.34. The lowest BCUT2D eigenvalue weighted by atomic mass is 10.2. The zero-order chi connectivity index (χ0) is 14.3. The topological polar surface area (TPSA) is 74.2 Å². The molecule has 1 unspecified atom stereocenters. The average molecular weight is 326 g/mol. The first kappa shape index (κ1) is 15.5. The Hall–Kier alpha value is -1.58. The fourth-order valence-corrected chi connectivity index (χ4v) is 1.92. The molecule has 0 saturated heterocycles. The van der Waals surface area contributed by atoms with Gasteiger partial charge >= 0.3 is 0 Å². The lowest BCUT2D eigenvalue weighted by Gasteiger charge is -2.16. The Morgan fingerprint density at radius 1 is 1.58 bits per heavy atom. The Labute approximate surface area is 121 Å². The van der Waals surface area contributed by atoms with Gasteiger partial charge in [-0.25, -0.2) is 0 Å². The number of ether oxygens (including phenoxy) is 1. The maximum atomic E-state index is 11.8. The van der Waals surface area contributed by atoms with E-state index in [1.54, 1.807) is 32.2 Å². The fraction of sp³-hybridized carbons (Fsp3) is 0.385. The number of methoxy groups -OCH3 is 1. The number of nitrogens with one attached hydrogen (secondary N) is 2. The number of halogens is 1. The zero-order valence-electron chi connectivity index (χ0n) is 10.9. The highest BCUT2D eigenvalue weighted by molar-refractivity contribution is 9.10. The van der Waals surface area contributed by atoms with Gasteiger partial charge in [-0.05, 0) is 41.1 Å². The van der Waals surface area contributed by atoms with Gasteiger partial charge in [0.15, 0.2) is 0 Å². The van der Waals surface area contributed by atoms with Crippen molar-refractivity contribution in [3.8, 4) is 6.07 Å². The van der Waals surface area contributed by atoms with Crippen molar-refractivity contribution in [2.45, 2.75) is 13.0 Å². The number of nitrogens with zero attached hydrogens (tertiary/aromatic N) is 1. The third-order valence-corrected chi connectivity index (χ3v) is 3.12. The molecular formula is C13H16BrN3O2. The Kier molecular flexibility index (Phi) is 6.33. The van der Waals surface area contributed by atoms with Gasteiger partial charge in [0, 0.05) is 23.8 Å². The van der Waals surface area contributed by atoms with Gasteiger partial charge in [0.1, 0.15) is 6.04 Å². The van der Waals surface area contributed by atoms with Crippen LogP contribution in [0.1, 0.15) is 12.5 Å². The van der Waals surface area contributed by atoms with Gasteiger partial charge in [-0.1, -0.05) is 0 Å². The highest BCUT2D eigenvalue weighted by Crippen LogP contribution is 2.24. The fourth-order valence-electron chi connectivity index (χ4n) is 1.43. The Balaban J connectivity index is 2.59. The quantitative estimate of drug-likeness (QED) is 0.783. The molecule has 0 aliphatic carbocycles. The molecule has 0 bridgehead atoms. The summed E-state index contributed by atoms with van der Waals surface area (Å²) in [4.78, 5) is 11.8. The van der Waals surface area contributed by atoms with E-state index in [-0.39, 0.29) is 11.9 Å². The molecule has 6 heteroatoms. The summed E-state index contributed by atoms with van der Waals surface area (Å²) >= 11 is 3.36. The van der Waals surface area contributed by atoms with Gasteiger partial charge in [-0.15, -0.1) is 0 Å². The summed E-state index contributed by atoms with van der Waals surface area (Å²) in [5, 5.41) is 14.6. The number of anilines is 1. The molecule has 19 heavy (non-hydrogen) atoms. The van der Waals surface area contributed by atoms with E-state index >= 15 is 0 Å². The predicted molar refractivity (Wildman–Crippen MR) is 76.8 cm³/mol. The number of amides is 1. The van der Waals surface area contributed by atoms with Crippen molar-refractivity contribution in [2.24, 2.45) is 0 Å². The number of benzene rings is 1. The van der Waals surface area contributed by atoms with E-state index in [1.165, 1.54) is 0 Å². The van der Waals surface area contributed by atoms with Crippen LogP contribution in [0.3, 0.4) is 0 Å². The van der Waals surface area contributed by atoms with Crippen molar-refractivity contribution >= 4 is 27.5 Å². The van der Waals surface area contributed by atoms with Crippen molar-refractivity contribution < 1.29 is 9.53 Å². The van der Waals surface area contributed by atoms with Gasteiger partial charge in [-0.3, -0.25) is 4.79 Å². The van der Waals surface area contributed by atoms with Crippen molar-refractivity contribution in [2.75, 3.05) is 25.6 Å². The molecule has 0 fully saturated rings. The minimum Gasteiger partial charge on any atom is -0.383 e. The SMILES string of the molecule is COCCNC(=O)C(C)Nc1ccc(C#N)cc1Br. The summed E-state index contributed by atoms with van der Waals surface area (Å²) in [6, 6.07) is 6.85. The van der Waals surface area contributed by atoms with Crippen LogP contribution in [-0.4, -0.2) is 32.2 Å². The normalized spacial score (nSPS) is 11.5. The third kappa shape index (κ3) is 4.89. The Morgan fingerprint density at radius 2 is 2.32 bits per heavy atom. The maximum absolute atomic E-state index is 11.8. The highest BCUT2D eigenvalue weighted by Gasteiger charge is 2.13. The number of carbonyl (C=O) groups excluding carboxylic acids is 1. The van der Waals surface area contributed by atoms with Crippen molar-refractivity contribution in [1.82, 2.24) is 5.32 Å². The lowest BCUT2D eigenvalue weighted by Crippen LogP contribution is -2.39. The number of nitriles is 1. The standard InChI is InChI=1S/C13H16BrN3O2/c1-9(13(18)16-5-6-19-2)17-12-4-3-10(8-15)7-11(12)14/h3-4,7,9,17H,5-6H2,1-2H3,(H,16,18). The number of rotatable bonds is 6. The van der Waals surface area contributed by atoms with Crippen LogP contribution in [0.25, 0.3) is 0 Å². The van der Waals surface area contributed by atoms with Crippen LogP contribution < -0.4 is 10.6 Å². The van der Waals surface area contributed by atoms with E-state index in [0.29, 0.717) is 18.7 Å². The number of hydrogen-bond donors (Lipinski definition) is 2. The van der Waals surface area contributed by atoms with Gasteiger partial charge in [0.25, 0.3) is 0 Å². The molecule has 1 amide bonds. The van der Waals surface area contributed by atoms with E-state index in [4.69, 9.17) is 10.00 Å². The first-order chi connectivity index (χ1) is 9.08. The van der Waals surface area contributed by atoms with Gasteiger partial charge < -0.3 is 15.4 Å². The minimum atomic E-state index is -0.374. The van der Waals surface area contributed by atoms with E-state index in [9.17, 15) is 4.79 Å². The van der Waals surface area contributed by atoms with Crippen LogP contribution in [0.15, 0.2) is 22.7 Å². The maximum Gasteiger partial charge on any atom is 0.242 e. The van der Waals surface area contributed by atoms with E-state index < -0.39 is 0 Å². The minimum absolute atomic E-state index is 0.103. The van der Waals surface area contributed by atoms with Gasteiger partial charge in [0.2, 0.25) is 5.91 Å². The number of carbonyl (C=O) groups is 1. The van der Waals surface area contributed by atoms with E-state index in [0.717, 1.165) is 10.2 Å². The van der Waals surface area contributed by atoms with Gasteiger partial charge in [-0.2, -0.15) is 5.26 Å². The molecule has 0 saturated carbocycles. The Bertz CT molecular complexity index is 485. The van der Waals surface area contributed by atoms with Crippen molar-refractivity contribution in [1.29, 1.82) is 5.26 Å². The van der Waals surface area contributed by atoms with Crippen LogP contribution in [-0.2, 0) is 9.53 Å². The molecular weight excluding hydrogens is 310 g/mol.